The van der Waals surface area contributed by atoms with Gasteiger partial charge in [0.1, 0.15) is 5.70 Å². The Kier molecular flexibility index (Phi) is 9.35. The number of rotatable bonds is 9. The van der Waals surface area contributed by atoms with Gasteiger partial charge in [-0.2, -0.15) is 0 Å². The van der Waals surface area contributed by atoms with Crippen LogP contribution in [0.2, 0.25) is 0 Å². The first-order valence-electron chi connectivity index (χ1n) is 12.4. The van der Waals surface area contributed by atoms with Crippen molar-refractivity contribution in [2.24, 2.45) is 0 Å². The van der Waals surface area contributed by atoms with Crippen LogP contribution in [0.4, 0.5) is 11.4 Å². The van der Waals surface area contributed by atoms with Crippen molar-refractivity contribution >= 4 is 58.3 Å². The number of aryl methyl sites for hydroxylation is 2. The molecule has 0 aliphatic heterocycles. The Bertz CT molecular complexity index is 1460. The molecule has 3 amide bonds. The molecule has 0 saturated carbocycles. The van der Waals surface area contributed by atoms with Crippen molar-refractivity contribution in [3.63, 3.8) is 0 Å². The fourth-order valence-corrected chi connectivity index (χ4v) is 5.35. The SMILES string of the molecule is Cc1cc(C)cc(NC(=O)C(C)Sc2ccc(NC(=O)/C(=C/c3cccs3)NC(=O)c3ccccc3)cc2)c1. The van der Waals surface area contributed by atoms with Crippen LogP contribution in [0.1, 0.15) is 33.3 Å². The minimum Gasteiger partial charge on any atom is -0.325 e. The molecule has 0 aliphatic rings. The molecular formula is C31H29N3O3S2. The molecule has 1 unspecified atom stereocenters. The molecule has 4 aromatic rings. The van der Waals surface area contributed by atoms with E-state index in [1.165, 1.54) is 23.1 Å². The van der Waals surface area contributed by atoms with E-state index in [9.17, 15) is 14.4 Å². The van der Waals surface area contributed by atoms with E-state index < -0.39 is 5.91 Å². The summed E-state index contributed by atoms with van der Waals surface area (Å²) in [5, 5.41) is 10.2. The molecule has 1 atom stereocenters. The summed E-state index contributed by atoms with van der Waals surface area (Å²) in [7, 11) is 0. The van der Waals surface area contributed by atoms with Gasteiger partial charge in [-0.05, 0) is 98.0 Å². The van der Waals surface area contributed by atoms with Crippen molar-refractivity contribution in [1.82, 2.24) is 5.32 Å². The number of amides is 3. The van der Waals surface area contributed by atoms with E-state index in [1.807, 2.05) is 68.6 Å². The largest absolute Gasteiger partial charge is 0.325 e. The van der Waals surface area contributed by atoms with E-state index in [1.54, 1.807) is 42.5 Å². The molecule has 39 heavy (non-hydrogen) atoms. The number of benzene rings is 3. The second-order valence-electron chi connectivity index (χ2n) is 9.00. The molecule has 8 heteroatoms. The molecular weight excluding hydrogens is 526 g/mol. The average Bonchev–Trinajstić information content (AvgIpc) is 3.42. The third kappa shape index (κ3) is 8.17. The highest BCUT2D eigenvalue weighted by Gasteiger charge is 2.17. The maximum Gasteiger partial charge on any atom is 0.272 e. The third-order valence-electron chi connectivity index (χ3n) is 5.64. The Balaban J connectivity index is 1.39. The van der Waals surface area contributed by atoms with Gasteiger partial charge < -0.3 is 16.0 Å². The molecule has 0 spiro atoms. The first kappa shape index (κ1) is 27.9. The van der Waals surface area contributed by atoms with Crippen LogP contribution in [0, 0.1) is 13.8 Å². The first-order chi connectivity index (χ1) is 18.8. The molecule has 0 aliphatic carbocycles. The lowest BCUT2D eigenvalue weighted by molar-refractivity contribution is -0.115. The van der Waals surface area contributed by atoms with Crippen molar-refractivity contribution in [3.05, 3.63) is 118 Å². The van der Waals surface area contributed by atoms with Gasteiger partial charge in [0, 0.05) is 26.7 Å². The smallest absolute Gasteiger partial charge is 0.272 e. The maximum atomic E-state index is 13.1. The summed E-state index contributed by atoms with van der Waals surface area (Å²) in [5.74, 6) is -0.887. The van der Waals surface area contributed by atoms with E-state index in [4.69, 9.17) is 0 Å². The second-order valence-corrected chi connectivity index (χ2v) is 11.4. The lowest BCUT2D eigenvalue weighted by Crippen LogP contribution is -2.30. The standard InChI is InChI=1S/C31H29N3O3S2/c1-20-16-21(2)18-25(17-20)33-29(35)22(3)39-26-13-11-24(12-14-26)32-31(37)28(19-27-10-7-15-38-27)34-30(36)23-8-5-4-6-9-23/h4-19,22H,1-3H3,(H,32,37)(H,33,35)(H,34,36)/b28-19-. The molecule has 4 rings (SSSR count). The lowest BCUT2D eigenvalue weighted by atomic mass is 10.1. The zero-order valence-electron chi connectivity index (χ0n) is 21.9. The fourth-order valence-electron chi connectivity index (χ4n) is 3.82. The topological polar surface area (TPSA) is 87.3 Å². The number of carbonyl (C=O) groups is 3. The van der Waals surface area contributed by atoms with Gasteiger partial charge in [-0.3, -0.25) is 14.4 Å². The van der Waals surface area contributed by atoms with Crippen molar-refractivity contribution in [3.8, 4) is 0 Å². The molecule has 0 saturated heterocycles. The minimum atomic E-state index is -0.436. The zero-order chi connectivity index (χ0) is 27.8. The lowest BCUT2D eigenvalue weighted by Gasteiger charge is -2.14. The summed E-state index contributed by atoms with van der Waals surface area (Å²) in [4.78, 5) is 40.3. The molecule has 3 aromatic carbocycles. The van der Waals surface area contributed by atoms with Crippen LogP contribution < -0.4 is 16.0 Å². The molecule has 1 aromatic heterocycles. The average molecular weight is 556 g/mol. The fraction of sp³-hybridized carbons (Fsp3) is 0.129. The summed E-state index contributed by atoms with van der Waals surface area (Å²) in [6.07, 6.45) is 1.65. The summed E-state index contributed by atoms with van der Waals surface area (Å²) in [5.41, 5.74) is 4.14. The highest BCUT2D eigenvalue weighted by atomic mass is 32.2. The van der Waals surface area contributed by atoms with Crippen LogP contribution >= 0.6 is 23.1 Å². The van der Waals surface area contributed by atoms with Gasteiger partial charge in [-0.15, -0.1) is 23.1 Å². The zero-order valence-corrected chi connectivity index (χ0v) is 23.5. The van der Waals surface area contributed by atoms with Gasteiger partial charge in [-0.25, -0.2) is 0 Å². The molecule has 6 nitrogen and oxygen atoms in total. The summed E-state index contributed by atoms with van der Waals surface area (Å²) in [6.45, 7) is 5.86. The second kappa shape index (κ2) is 13.1. The third-order valence-corrected chi connectivity index (χ3v) is 7.57. The van der Waals surface area contributed by atoms with Crippen molar-refractivity contribution in [2.75, 3.05) is 10.6 Å². The molecule has 0 radical (unpaired) electrons. The Morgan fingerprint density at radius 3 is 2.15 bits per heavy atom. The number of anilines is 2. The quantitative estimate of drug-likeness (QED) is 0.155. The monoisotopic (exact) mass is 555 g/mol. The Labute approximate surface area is 236 Å². The minimum absolute atomic E-state index is 0.0834. The molecule has 0 bridgehead atoms. The Hall–Kier alpha value is -4.14. The summed E-state index contributed by atoms with van der Waals surface area (Å²) < 4.78 is 0. The van der Waals surface area contributed by atoms with Gasteiger partial charge >= 0.3 is 0 Å². The first-order valence-corrected chi connectivity index (χ1v) is 14.1. The van der Waals surface area contributed by atoms with Crippen molar-refractivity contribution in [1.29, 1.82) is 0 Å². The summed E-state index contributed by atoms with van der Waals surface area (Å²) in [6, 6.07) is 25.7. The van der Waals surface area contributed by atoms with Crippen LogP contribution in [0.15, 0.2) is 101 Å². The molecule has 1 heterocycles. The maximum absolute atomic E-state index is 13.1. The van der Waals surface area contributed by atoms with Crippen LogP contribution in [0.3, 0.4) is 0 Å². The van der Waals surface area contributed by atoms with Crippen LogP contribution in [-0.4, -0.2) is 23.0 Å². The normalized spacial score (nSPS) is 11.9. The van der Waals surface area contributed by atoms with Gasteiger partial charge in [0.15, 0.2) is 0 Å². The molecule has 3 N–H and O–H groups in total. The van der Waals surface area contributed by atoms with Gasteiger partial charge in [-0.1, -0.05) is 30.3 Å². The van der Waals surface area contributed by atoms with E-state index in [0.29, 0.717) is 11.3 Å². The van der Waals surface area contributed by atoms with E-state index >= 15 is 0 Å². The highest BCUT2D eigenvalue weighted by Crippen LogP contribution is 2.26. The highest BCUT2D eigenvalue weighted by molar-refractivity contribution is 8.00. The number of hydrogen-bond donors (Lipinski definition) is 3. The van der Waals surface area contributed by atoms with Crippen LogP contribution in [-0.2, 0) is 9.59 Å². The van der Waals surface area contributed by atoms with Crippen LogP contribution in [0.25, 0.3) is 6.08 Å². The number of thioether (sulfide) groups is 1. The number of hydrogen-bond acceptors (Lipinski definition) is 5. The van der Waals surface area contributed by atoms with Crippen molar-refractivity contribution < 1.29 is 14.4 Å². The number of carbonyl (C=O) groups excluding carboxylic acids is 3. The van der Waals surface area contributed by atoms with Gasteiger partial charge in [0.25, 0.3) is 11.8 Å². The molecule has 0 fully saturated rings. The number of nitrogens with one attached hydrogen (secondary N) is 3. The summed E-state index contributed by atoms with van der Waals surface area (Å²) >= 11 is 2.90. The van der Waals surface area contributed by atoms with Crippen molar-refractivity contribution in [2.45, 2.75) is 30.9 Å². The van der Waals surface area contributed by atoms with Gasteiger partial charge in [0.05, 0.1) is 5.25 Å². The Morgan fingerprint density at radius 1 is 0.821 bits per heavy atom. The van der Waals surface area contributed by atoms with Crippen LogP contribution in [0.5, 0.6) is 0 Å². The predicted molar refractivity (Wildman–Crippen MR) is 161 cm³/mol. The molecule has 198 valence electrons. The Morgan fingerprint density at radius 2 is 1.51 bits per heavy atom. The van der Waals surface area contributed by atoms with E-state index in [2.05, 4.69) is 22.0 Å². The van der Waals surface area contributed by atoms with E-state index in [0.717, 1.165) is 26.6 Å². The van der Waals surface area contributed by atoms with Gasteiger partial charge in [0.2, 0.25) is 5.91 Å². The predicted octanol–water partition coefficient (Wildman–Crippen LogP) is 6.89. The number of thiophene rings is 1. The van der Waals surface area contributed by atoms with E-state index in [-0.39, 0.29) is 22.8 Å².